The number of ether oxygens (including phenoxy) is 2. The molecule has 0 radical (unpaired) electrons. The molecule has 0 heterocycles. The Labute approximate surface area is 272 Å². The summed E-state index contributed by atoms with van der Waals surface area (Å²) in [7, 11) is 0. The Morgan fingerprint density at radius 2 is 1.36 bits per heavy atom. The van der Waals surface area contributed by atoms with Crippen LogP contribution in [0.4, 0.5) is 0 Å². The van der Waals surface area contributed by atoms with Crippen LogP contribution < -0.4 is 9.47 Å². The van der Waals surface area contributed by atoms with Gasteiger partial charge in [-0.1, -0.05) is 104 Å². The maximum Gasteiger partial charge on any atom is 0.345 e. The predicted molar refractivity (Wildman–Crippen MR) is 178 cm³/mol. The van der Waals surface area contributed by atoms with Crippen molar-refractivity contribution in [3.05, 3.63) is 141 Å². The summed E-state index contributed by atoms with van der Waals surface area (Å²) >= 11 is 12.4. The minimum atomic E-state index is -0.726. The van der Waals surface area contributed by atoms with Gasteiger partial charge in [0, 0.05) is 12.1 Å². The van der Waals surface area contributed by atoms with Crippen LogP contribution in [-0.2, 0) is 6.42 Å². The Hall–Kier alpha value is -4.89. The summed E-state index contributed by atoms with van der Waals surface area (Å²) in [4.78, 5) is 26.1. The summed E-state index contributed by atoms with van der Waals surface area (Å²) in [6.45, 7) is 2.20. The maximum absolute atomic E-state index is 13.3. The van der Waals surface area contributed by atoms with Crippen molar-refractivity contribution >= 4 is 35.1 Å². The molecular weight excluding hydrogens is 605 g/mol. The van der Waals surface area contributed by atoms with Crippen LogP contribution in [0.5, 0.6) is 11.5 Å². The number of nitrogens with zero attached hydrogens (tertiary/aromatic N) is 1. The van der Waals surface area contributed by atoms with Gasteiger partial charge in [-0.15, -0.1) is 0 Å². The molecule has 0 unspecified atom stereocenters. The van der Waals surface area contributed by atoms with Crippen molar-refractivity contribution in [3.63, 3.8) is 0 Å². The van der Waals surface area contributed by atoms with Gasteiger partial charge in [-0.3, -0.25) is 0 Å². The van der Waals surface area contributed by atoms with Gasteiger partial charge in [-0.25, -0.2) is 9.59 Å². The number of benzene rings is 5. The van der Waals surface area contributed by atoms with E-state index in [9.17, 15) is 9.59 Å². The van der Waals surface area contributed by atoms with Crippen molar-refractivity contribution in [2.24, 2.45) is 0 Å². The Morgan fingerprint density at radius 1 is 0.689 bits per heavy atom. The molecule has 224 valence electrons. The van der Waals surface area contributed by atoms with E-state index in [2.05, 4.69) is 31.2 Å². The molecule has 0 aliphatic heterocycles. The van der Waals surface area contributed by atoms with E-state index in [4.69, 9.17) is 37.9 Å². The van der Waals surface area contributed by atoms with Crippen molar-refractivity contribution in [2.45, 2.75) is 32.6 Å². The van der Waals surface area contributed by atoms with Crippen LogP contribution in [0.25, 0.3) is 22.3 Å². The predicted octanol–water partition coefficient (Wildman–Crippen LogP) is 10.4. The van der Waals surface area contributed by atoms with Crippen molar-refractivity contribution < 1.29 is 19.1 Å². The molecule has 0 amide bonds. The van der Waals surface area contributed by atoms with E-state index in [1.165, 1.54) is 54.8 Å². The third-order valence-electron chi connectivity index (χ3n) is 7.32. The van der Waals surface area contributed by atoms with Crippen LogP contribution in [0, 0.1) is 11.3 Å². The van der Waals surface area contributed by atoms with E-state index in [-0.39, 0.29) is 32.7 Å². The molecule has 5 aromatic rings. The van der Waals surface area contributed by atoms with Crippen molar-refractivity contribution in [1.82, 2.24) is 0 Å². The Balaban J connectivity index is 1.36. The quantitative estimate of drug-likeness (QED) is 0.0868. The lowest BCUT2D eigenvalue weighted by Crippen LogP contribution is -2.11. The number of carbonyl (C=O) groups excluding carboxylic acids is 2. The van der Waals surface area contributed by atoms with Crippen LogP contribution >= 0.6 is 23.2 Å². The molecule has 5 rings (SSSR count). The number of halogens is 2. The maximum atomic E-state index is 13.3. The minimum Gasteiger partial charge on any atom is -0.423 e. The number of rotatable bonds is 10. The number of nitriles is 1. The third-order valence-corrected chi connectivity index (χ3v) is 7.94. The number of hydrogen-bond donors (Lipinski definition) is 0. The highest BCUT2D eigenvalue weighted by Crippen LogP contribution is 2.34. The van der Waals surface area contributed by atoms with Gasteiger partial charge < -0.3 is 9.47 Å². The summed E-state index contributed by atoms with van der Waals surface area (Å²) < 4.78 is 11.0. The molecule has 0 saturated carbocycles. The SMILES string of the molecule is CCCCCc1ccc(-c2cc(C(=O)Oc3ccc(C(=O)Oc4ccc(C#N)c(Cl)c4)c(Cl)c3)ccc2-c2ccccc2)cc1. The smallest absolute Gasteiger partial charge is 0.345 e. The van der Waals surface area contributed by atoms with Crippen molar-refractivity contribution in [2.75, 3.05) is 0 Å². The first-order valence-corrected chi connectivity index (χ1v) is 15.3. The number of hydrogen-bond acceptors (Lipinski definition) is 5. The fourth-order valence-corrected chi connectivity index (χ4v) is 5.37. The molecule has 0 saturated heterocycles. The molecule has 0 aliphatic rings. The summed E-state index contributed by atoms with van der Waals surface area (Å²) in [5.41, 5.74) is 5.94. The summed E-state index contributed by atoms with van der Waals surface area (Å²) in [5, 5.41) is 9.24. The molecule has 0 bridgehead atoms. The molecule has 0 fully saturated rings. The van der Waals surface area contributed by atoms with Gasteiger partial charge in [0.25, 0.3) is 0 Å². The first-order chi connectivity index (χ1) is 21.9. The van der Waals surface area contributed by atoms with Gasteiger partial charge in [-0.05, 0) is 77.1 Å². The van der Waals surface area contributed by atoms with E-state index in [1.807, 2.05) is 48.5 Å². The topological polar surface area (TPSA) is 76.4 Å². The average molecular weight is 635 g/mol. The molecule has 45 heavy (non-hydrogen) atoms. The normalized spacial score (nSPS) is 10.6. The minimum absolute atomic E-state index is 0.0455. The Kier molecular flexibility index (Phi) is 10.3. The molecule has 5 nitrogen and oxygen atoms in total. The summed E-state index contributed by atoms with van der Waals surface area (Å²) in [6, 6.07) is 34.6. The lowest BCUT2D eigenvalue weighted by molar-refractivity contribution is 0.0730. The monoisotopic (exact) mass is 633 g/mol. The fraction of sp³-hybridized carbons (Fsp3) is 0.132. The Bertz CT molecular complexity index is 1880. The first kappa shape index (κ1) is 31.5. The highest BCUT2D eigenvalue weighted by molar-refractivity contribution is 6.34. The standard InChI is InChI=1S/C38H29Cl2NO4/c1-2-3-5-8-25-11-13-27(14-12-25)34-21-28(16-19-32(34)26-9-6-4-7-10-26)37(42)44-31-18-20-33(36(40)23-31)38(43)45-30-17-15-29(24-41)35(39)22-30/h4,6-7,9-23H,2-3,5,8H2,1H3. The summed E-state index contributed by atoms with van der Waals surface area (Å²) in [5.74, 6) is -0.952. The first-order valence-electron chi connectivity index (χ1n) is 14.6. The van der Waals surface area contributed by atoms with Gasteiger partial charge in [0.15, 0.2) is 0 Å². The highest BCUT2D eigenvalue weighted by Gasteiger charge is 2.18. The molecule has 7 heteroatoms. The fourth-order valence-electron chi connectivity index (χ4n) is 4.91. The van der Waals surface area contributed by atoms with Gasteiger partial charge in [-0.2, -0.15) is 5.26 Å². The zero-order valence-corrected chi connectivity index (χ0v) is 26.1. The lowest BCUT2D eigenvalue weighted by Gasteiger charge is -2.14. The number of carbonyl (C=O) groups is 2. The van der Waals surface area contributed by atoms with Gasteiger partial charge in [0.05, 0.1) is 26.7 Å². The Morgan fingerprint density at radius 3 is 2.02 bits per heavy atom. The van der Waals surface area contributed by atoms with Crippen LogP contribution in [0.2, 0.25) is 10.0 Å². The van der Waals surface area contributed by atoms with Gasteiger partial charge in [0.2, 0.25) is 0 Å². The zero-order valence-electron chi connectivity index (χ0n) is 24.6. The molecule has 0 atom stereocenters. The van der Waals surface area contributed by atoms with E-state index in [0.29, 0.717) is 5.56 Å². The second-order valence-corrected chi connectivity index (χ2v) is 11.3. The average Bonchev–Trinajstić information content (AvgIpc) is 3.05. The van der Waals surface area contributed by atoms with Crippen LogP contribution in [-0.4, -0.2) is 11.9 Å². The third kappa shape index (κ3) is 7.80. The van der Waals surface area contributed by atoms with Crippen molar-refractivity contribution in [3.8, 4) is 39.8 Å². The van der Waals surface area contributed by atoms with E-state index in [1.54, 1.807) is 6.07 Å². The van der Waals surface area contributed by atoms with Crippen LogP contribution in [0.15, 0.2) is 109 Å². The molecule has 5 aromatic carbocycles. The molecule has 0 spiro atoms. The van der Waals surface area contributed by atoms with Crippen LogP contribution in [0.1, 0.15) is 58.0 Å². The second-order valence-electron chi connectivity index (χ2n) is 10.5. The molecular formula is C38H29Cl2NO4. The summed E-state index contributed by atoms with van der Waals surface area (Å²) in [6.07, 6.45) is 4.58. The van der Waals surface area contributed by atoms with E-state index < -0.39 is 11.9 Å². The zero-order chi connectivity index (χ0) is 31.8. The number of aryl methyl sites for hydroxylation is 1. The number of unbranched alkanes of at least 4 members (excludes halogenated alkanes) is 2. The molecule has 0 aromatic heterocycles. The van der Waals surface area contributed by atoms with E-state index in [0.717, 1.165) is 35.1 Å². The van der Waals surface area contributed by atoms with Crippen molar-refractivity contribution in [1.29, 1.82) is 5.26 Å². The van der Waals surface area contributed by atoms with Crippen LogP contribution in [0.3, 0.4) is 0 Å². The molecule has 0 aliphatic carbocycles. The largest absolute Gasteiger partial charge is 0.423 e. The molecule has 0 N–H and O–H groups in total. The number of esters is 2. The lowest BCUT2D eigenvalue weighted by atomic mass is 9.92. The highest BCUT2D eigenvalue weighted by atomic mass is 35.5. The van der Waals surface area contributed by atoms with E-state index >= 15 is 0 Å². The second kappa shape index (κ2) is 14.7. The van der Waals surface area contributed by atoms with Gasteiger partial charge >= 0.3 is 11.9 Å². The van der Waals surface area contributed by atoms with Gasteiger partial charge in [0.1, 0.15) is 17.6 Å².